The molecule has 26 heavy (non-hydrogen) atoms. The summed E-state index contributed by atoms with van der Waals surface area (Å²) in [6.07, 6.45) is 6.21. The van der Waals surface area contributed by atoms with Crippen LogP contribution < -0.4 is 11.1 Å². The van der Waals surface area contributed by atoms with Gasteiger partial charge in [0.15, 0.2) is 0 Å². The van der Waals surface area contributed by atoms with Crippen LogP contribution in [0, 0.1) is 0 Å². The van der Waals surface area contributed by atoms with Crippen molar-refractivity contribution < 1.29 is 4.79 Å². The molecule has 3 heterocycles. The van der Waals surface area contributed by atoms with Gasteiger partial charge in [-0.1, -0.05) is 0 Å². The maximum Gasteiger partial charge on any atom is 0.275 e. The normalized spacial score (nSPS) is 13.4. The highest BCUT2D eigenvalue weighted by Gasteiger charge is 2.15. The fraction of sp³-hybridized carbons (Fsp3) is 0.316. The third kappa shape index (κ3) is 3.40. The number of imidazole rings is 1. The van der Waals surface area contributed by atoms with Crippen molar-refractivity contribution in [1.29, 1.82) is 0 Å². The Kier molecular flexibility index (Phi) is 4.81. The fourth-order valence-electron chi connectivity index (χ4n) is 3.22. The smallest absolute Gasteiger partial charge is 0.275 e. The van der Waals surface area contributed by atoms with Crippen LogP contribution in [0.2, 0.25) is 0 Å². The van der Waals surface area contributed by atoms with Crippen molar-refractivity contribution in [2.75, 3.05) is 11.9 Å². The second kappa shape index (κ2) is 7.39. The summed E-state index contributed by atoms with van der Waals surface area (Å²) in [5.41, 5.74) is 9.08. The maximum atomic E-state index is 12.3. The number of aromatic nitrogens is 3. The largest absolute Gasteiger partial charge is 0.330 e. The third-order valence-corrected chi connectivity index (χ3v) is 5.46. The summed E-state index contributed by atoms with van der Waals surface area (Å²) in [6, 6.07) is 7.82. The molecule has 0 radical (unpaired) electrons. The Hall–Kier alpha value is -2.51. The van der Waals surface area contributed by atoms with Crippen LogP contribution >= 0.6 is 11.3 Å². The minimum absolute atomic E-state index is 0.199. The average Bonchev–Trinajstić information content (AvgIpc) is 3.30. The van der Waals surface area contributed by atoms with Crippen LogP contribution in [-0.2, 0) is 19.4 Å². The molecule has 0 unspecified atom stereocenters. The van der Waals surface area contributed by atoms with Crippen LogP contribution in [0.5, 0.6) is 0 Å². The van der Waals surface area contributed by atoms with Gasteiger partial charge >= 0.3 is 0 Å². The number of benzene rings is 1. The van der Waals surface area contributed by atoms with Crippen LogP contribution in [0.15, 0.2) is 35.8 Å². The first-order chi connectivity index (χ1) is 12.7. The van der Waals surface area contributed by atoms with Gasteiger partial charge in [-0.05, 0) is 50.1 Å². The molecular formula is C19H21N5OS. The molecule has 1 aliphatic rings. The molecular weight excluding hydrogens is 346 g/mol. The predicted octanol–water partition coefficient (Wildman–Crippen LogP) is 3.10. The van der Waals surface area contributed by atoms with Crippen molar-refractivity contribution in [2.45, 2.75) is 32.2 Å². The van der Waals surface area contributed by atoms with E-state index in [9.17, 15) is 4.79 Å². The SMILES string of the molecule is NCCc1nc(C(=O)Nc2ccc(-c3ncc4n3CCCC4)cc2)cs1. The highest BCUT2D eigenvalue weighted by molar-refractivity contribution is 7.09. The second-order valence-corrected chi connectivity index (χ2v) is 7.32. The van der Waals surface area contributed by atoms with E-state index < -0.39 is 0 Å². The predicted molar refractivity (Wildman–Crippen MR) is 103 cm³/mol. The number of amides is 1. The van der Waals surface area contributed by atoms with Crippen molar-refractivity contribution in [1.82, 2.24) is 14.5 Å². The van der Waals surface area contributed by atoms with E-state index in [4.69, 9.17) is 5.73 Å². The summed E-state index contributed by atoms with van der Waals surface area (Å²) >= 11 is 1.46. The number of fused-ring (bicyclic) bond motifs is 1. The van der Waals surface area contributed by atoms with Gasteiger partial charge in [-0.2, -0.15) is 0 Å². The zero-order valence-corrected chi connectivity index (χ0v) is 15.3. The summed E-state index contributed by atoms with van der Waals surface area (Å²) in [5.74, 6) is 0.805. The van der Waals surface area contributed by atoms with Gasteiger partial charge in [-0.15, -0.1) is 11.3 Å². The van der Waals surface area contributed by atoms with Crippen LogP contribution in [-0.4, -0.2) is 27.0 Å². The molecule has 4 rings (SSSR count). The number of thiazole rings is 1. The van der Waals surface area contributed by atoms with E-state index in [0.717, 1.165) is 35.0 Å². The van der Waals surface area contributed by atoms with Gasteiger partial charge in [-0.3, -0.25) is 4.79 Å². The van der Waals surface area contributed by atoms with Crippen molar-refractivity contribution in [2.24, 2.45) is 5.73 Å². The van der Waals surface area contributed by atoms with Crippen LogP contribution in [0.1, 0.15) is 34.0 Å². The van der Waals surface area contributed by atoms with Crippen molar-refractivity contribution in [3.8, 4) is 11.4 Å². The lowest BCUT2D eigenvalue weighted by Crippen LogP contribution is -2.13. The van der Waals surface area contributed by atoms with Gasteiger partial charge in [0.05, 0.1) is 5.01 Å². The van der Waals surface area contributed by atoms with Crippen molar-refractivity contribution >= 4 is 22.9 Å². The maximum absolute atomic E-state index is 12.3. The molecule has 134 valence electrons. The fourth-order valence-corrected chi connectivity index (χ4v) is 4.01. The minimum Gasteiger partial charge on any atom is -0.330 e. The molecule has 7 heteroatoms. The van der Waals surface area contributed by atoms with Gasteiger partial charge in [0.2, 0.25) is 0 Å². The monoisotopic (exact) mass is 367 g/mol. The molecule has 0 atom stereocenters. The van der Waals surface area contributed by atoms with E-state index in [-0.39, 0.29) is 5.91 Å². The van der Waals surface area contributed by atoms with Crippen molar-refractivity contribution in [3.05, 3.63) is 52.2 Å². The van der Waals surface area contributed by atoms with Crippen LogP contribution in [0.25, 0.3) is 11.4 Å². The lowest BCUT2D eigenvalue weighted by Gasteiger charge is -2.16. The summed E-state index contributed by atoms with van der Waals surface area (Å²) < 4.78 is 2.30. The van der Waals surface area contributed by atoms with Crippen LogP contribution in [0.4, 0.5) is 5.69 Å². The lowest BCUT2D eigenvalue weighted by atomic mass is 10.1. The molecule has 1 aromatic carbocycles. The Morgan fingerprint density at radius 3 is 2.92 bits per heavy atom. The van der Waals surface area contributed by atoms with Gasteiger partial charge in [0, 0.05) is 41.5 Å². The Balaban J connectivity index is 1.47. The lowest BCUT2D eigenvalue weighted by molar-refractivity contribution is 0.102. The number of aryl methyl sites for hydroxylation is 1. The van der Waals surface area contributed by atoms with Gasteiger partial charge in [0.1, 0.15) is 11.5 Å². The van der Waals surface area contributed by atoms with Gasteiger partial charge in [0.25, 0.3) is 5.91 Å². The molecule has 0 fully saturated rings. The number of hydrogen-bond acceptors (Lipinski definition) is 5. The van der Waals surface area contributed by atoms with E-state index in [1.807, 2.05) is 30.5 Å². The Morgan fingerprint density at radius 1 is 1.27 bits per heavy atom. The molecule has 0 spiro atoms. The van der Waals surface area contributed by atoms with E-state index in [1.165, 1.54) is 29.9 Å². The number of hydrogen-bond donors (Lipinski definition) is 2. The van der Waals surface area contributed by atoms with E-state index >= 15 is 0 Å². The summed E-state index contributed by atoms with van der Waals surface area (Å²) in [6.45, 7) is 1.56. The number of carbonyl (C=O) groups excluding carboxylic acids is 1. The highest BCUT2D eigenvalue weighted by atomic mass is 32.1. The Bertz CT molecular complexity index is 912. The van der Waals surface area contributed by atoms with E-state index in [2.05, 4.69) is 19.9 Å². The zero-order valence-electron chi connectivity index (χ0n) is 14.4. The number of carbonyl (C=O) groups is 1. The van der Waals surface area contributed by atoms with Crippen LogP contribution in [0.3, 0.4) is 0 Å². The minimum atomic E-state index is -0.199. The zero-order chi connectivity index (χ0) is 17.9. The molecule has 0 saturated heterocycles. The topological polar surface area (TPSA) is 85.8 Å². The van der Waals surface area contributed by atoms with E-state index in [0.29, 0.717) is 18.7 Å². The summed E-state index contributed by atoms with van der Waals surface area (Å²) in [7, 11) is 0. The van der Waals surface area contributed by atoms with Crippen molar-refractivity contribution in [3.63, 3.8) is 0 Å². The molecule has 0 saturated carbocycles. The molecule has 1 amide bonds. The molecule has 6 nitrogen and oxygen atoms in total. The number of nitrogens with two attached hydrogens (primary N) is 1. The Labute approximate surface area is 156 Å². The van der Waals surface area contributed by atoms with Gasteiger partial charge < -0.3 is 15.6 Å². The average molecular weight is 367 g/mol. The third-order valence-electron chi connectivity index (χ3n) is 4.55. The molecule has 3 N–H and O–H groups in total. The number of nitrogens with zero attached hydrogens (tertiary/aromatic N) is 3. The molecule has 0 bridgehead atoms. The number of rotatable bonds is 5. The first-order valence-corrected chi connectivity index (χ1v) is 9.73. The molecule has 3 aromatic rings. The Morgan fingerprint density at radius 2 is 2.12 bits per heavy atom. The van der Waals surface area contributed by atoms with Gasteiger partial charge in [-0.25, -0.2) is 9.97 Å². The number of nitrogens with one attached hydrogen (secondary N) is 1. The highest BCUT2D eigenvalue weighted by Crippen LogP contribution is 2.25. The molecule has 0 aliphatic carbocycles. The quantitative estimate of drug-likeness (QED) is 0.725. The standard InChI is InChI=1S/C19H21N5OS/c20-9-8-17-23-16(12-26-17)19(25)22-14-6-4-13(5-7-14)18-21-11-15-3-1-2-10-24(15)18/h4-7,11-12H,1-3,8-10,20H2,(H,22,25). The molecule has 1 aliphatic heterocycles. The molecule has 2 aromatic heterocycles. The second-order valence-electron chi connectivity index (χ2n) is 6.38. The first kappa shape index (κ1) is 16.9. The van der Waals surface area contributed by atoms with E-state index in [1.54, 1.807) is 5.38 Å². The summed E-state index contributed by atoms with van der Waals surface area (Å²) in [4.78, 5) is 21.2. The summed E-state index contributed by atoms with van der Waals surface area (Å²) in [5, 5.41) is 5.55. The number of anilines is 1. The first-order valence-electron chi connectivity index (χ1n) is 8.85.